The minimum Gasteiger partial charge on any atom is -0.493 e. The summed E-state index contributed by atoms with van der Waals surface area (Å²) >= 11 is 0. The van der Waals surface area contributed by atoms with Crippen molar-refractivity contribution in [2.75, 3.05) is 18.1 Å². The lowest BCUT2D eigenvalue weighted by Crippen LogP contribution is -2.09. The summed E-state index contributed by atoms with van der Waals surface area (Å²) in [7, 11) is 0. The number of anilines is 2. The number of nitrogen functional groups attached to an aromatic ring is 2. The minimum atomic E-state index is -1.13. The highest BCUT2D eigenvalue weighted by atomic mass is 16.5. The zero-order valence-electron chi connectivity index (χ0n) is 9.19. The number of carboxylic acid groups (broad SMARTS) is 1. The highest BCUT2D eigenvalue weighted by Crippen LogP contribution is 2.29. The number of benzene rings is 1. The number of aromatic carboxylic acids is 1. The van der Waals surface area contributed by atoms with Gasteiger partial charge >= 0.3 is 5.97 Å². The highest BCUT2D eigenvalue weighted by molar-refractivity contribution is 5.99. The van der Waals surface area contributed by atoms with Gasteiger partial charge in [0.25, 0.3) is 0 Å². The van der Waals surface area contributed by atoms with Crippen molar-refractivity contribution < 1.29 is 14.6 Å². The third-order valence-corrected chi connectivity index (χ3v) is 2.21. The van der Waals surface area contributed by atoms with E-state index >= 15 is 0 Å². The number of hydrogen-bond acceptors (Lipinski definition) is 4. The Morgan fingerprint density at radius 2 is 2.12 bits per heavy atom. The van der Waals surface area contributed by atoms with Gasteiger partial charge in [0.1, 0.15) is 11.3 Å². The first-order chi connectivity index (χ1) is 7.57. The van der Waals surface area contributed by atoms with Crippen LogP contribution in [0.2, 0.25) is 0 Å². The maximum absolute atomic E-state index is 11.0. The van der Waals surface area contributed by atoms with E-state index in [1.54, 1.807) is 6.07 Å². The zero-order valence-corrected chi connectivity index (χ0v) is 9.19. The van der Waals surface area contributed by atoms with Gasteiger partial charge in [0.2, 0.25) is 0 Å². The van der Waals surface area contributed by atoms with Crippen molar-refractivity contribution in [2.45, 2.75) is 19.8 Å². The number of unbranched alkanes of at least 4 members (excludes halogenated alkanes) is 1. The molecule has 0 bridgehead atoms. The van der Waals surface area contributed by atoms with Gasteiger partial charge in [0.15, 0.2) is 0 Å². The van der Waals surface area contributed by atoms with Crippen LogP contribution in [0.1, 0.15) is 30.1 Å². The van der Waals surface area contributed by atoms with Gasteiger partial charge in [-0.05, 0) is 18.6 Å². The Kier molecular flexibility index (Phi) is 3.99. The third kappa shape index (κ3) is 2.56. The quantitative estimate of drug-likeness (QED) is 0.522. The Balaban J connectivity index is 2.99. The minimum absolute atomic E-state index is 0.0569. The Labute approximate surface area is 94.0 Å². The van der Waals surface area contributed by atoms with Crippen LogP contribution in [-0.2, 0) is 0 Å². The van der Waals surface area contributed by atoms with Crippen molar-refractivity contribution in [3.05, 3.63) is 17.7 Å². The first-order valence-corrected chi connectivity index (χ1v) is 5.12. The van der Waals surface area contributed by atoms with Crippen LogP contribution < -0.4 is 16.2 Å². The van der Waals surface area contributed by atoms with Crippen molar-refractivity contribution in [1.29, 1.82) is 0 Å². The number of carboxylic acids is 1. The summed E-state index contributed by atoms with van der Waals surface area (Å²) in [5, 5.41) is 9.01. The molecule has 0 fully saturated rings. The van der Waals surface area contributed by atoms with E-state index in [-0.39, 0.29) is 22.7 Å². The molecule has 0 aliphatic carbocycles. The van der Waals surface area contributed by atoms with Gasteiger partial charge in [-0.15, -0.1) is 0 Å². The highest BCUT2D eigenvalue weighted by Gasteiger charge is 2.17. The Morgan fingerprint density at radius 3 is 2.69 bits per heavy atom. The zero-order chi connectivity index (χ0) is 12.1. The predicted octanol–water partition coefficient (Wildman–Crippen LogP) is 1.73. The fourth-order valence-electron chi connectivity index (χ4n) is 1.28. The van der Waals surface area contributed by atoms with E-state index in [1.165, 1.54) is 6.07 Å². The number of rotatable bonds is 5. The average molecular weight is 224 g/mol. The SMILES string of the molecule is CCCCOc1ccc(N)c(N)c1C(=O)O. The van der Waals surface area contributed by atoms with Crippen LogP contribution in [0.4, 0.5) is 11.4 Å². The van der Waals surface area contributed by atoms with Crippen molar-refractivity contribution in [1.82, 2.24) is 0 Å². The van der Waals surface area contributed by atoms with Crippen LogP contribution >= 0.6 is 0 Å². The second-order valence-electron chi connectivity index (χ2n) is 3.45. The van der Waals surface area contributed by atoms with E-state index in [0.29, 0.717) is 6.61 Å². The van der Waals surface area contributed by atoms with Crippen molar-refractivity contribution in [2.24, 2.45) is 0 Å². The lowest BCUT2D eigenvalue weighted by atomic mass is 10.1. The summed E-state index contributed by atoms with van der Waals surface area (Å²) in [6, 6.07) is 3.08. The largest absolute Gasteiger partial charge is 0.493 e. The second kappa shape index (κ2) is 5.25. The molecule has 0 aliphatic heterocycles. The molecule has 0 saturated carbocycles. The summed E-state index contributed by atoms with van der Waals surface area (Å²) in [6.45, 7) is 2.50. The van der Waals surface area contributed by atoms with Gasteiger partial charge in [0.05, 0.1) is 18.0 Å². The van der Waals surface area contributed by atoms with Crippen LogP contribution in [-0.4, -0.2) is 17.7 Å². The molecule has 0 amide bonds. The molecule has 1 aromatic carbocycles. The molecule has 0 spiro atoms. The molecule has 0 saturated heterocycles. The molecule has 1 rings (SSSR count). The molecule has 0 aliphatic rings. The van der Waals surface area contributed by atoms with E-state index in [4.69, 9.17) is 21.3 Å². The first-order valence-electron chi connectivity index (χ1n) is 5.12. The average Bonchev–Trinajstić information content (AvgIpc) is 2.23. The molecule has 1 aromatic rings. The molecule has 16 heavy (non-hydrogen) atoms. The maximum atomic E-state index is 11.0. The van der Waals surface area contributed by atoms with Gasteiger partial charge in [-0.1, -0.05) is 13.3 Å². The summed E-state index contributed by atoms with van der Waals surface area (Å²) in [6.07, 6.45) is 1.84. The van der Waals surface area contributed by atoms with Gasteiger partial charge in [-0.3, -0.25) is 0 Å². The van der Waals surface area contributed by atoms with E-state index in [2.05, 4.69) is 0 Å². The predicted molar refractivity (Wildman–Crippen MR) is 62.6 cm³/mol. The van der Waals surface area contributed by atoms with E-state index in [9.17, 15) is 4.79 Å². The van der Waals surface area contributed by atoms with E-state index in [0.717, 1.165) is 12.8 Å². The van der Waals surface area contributed by atoms with Gasteiger partial charge < -0.3 is 21.3 Å². The van der Waals surface area contributed by atoms with E-state index in [1.807, 2.05) is 6.92 Å². The van der Waals surface area contributed by atoms with Crippen LogP contribution in [0.5, 0.6) is 5.75 Å². The lowest BCUT2D eigenvalue weighted by Gasteiger charge is -2.11. The van der Waals surface area contributed by atoms with Crippen molar-refractivity contribution in [3.8, 4) is 5.75 Å². The smallest absolute Gasteiger partial charge is 0.341 e. The summed E-state index contributed by atoms with van der Waals surface area (Å²) in [4.78, 5) is 11.0. The topological polar surface area (TPSA) is 98.6 Å². The molecule has 88 valence electrons. The molecule has 5 N–H and O–H groups in total. The fourth-order valence-corrected chi connectivity index (χ4v) is 1.28. The first kappa shape index (κ1) is 12.2. The Hall–Kier alpha value is -1.91. The van der Waals surface area contributed by atoms with Crippen LogP contribution in [0.15, 0.2) is 12.1 Å². The van der Waals surface area contributed by atoms with Gasteiger partial charge in [0, 0.05) is 0 Å². The molecule has 0 heterocycles. The standard InChI is InChI=1S/C11H16N2O3/c1-2-3-6-16-8-5-4-7(12)10(13)9(8)11(14)15/h4-5H,2-3,6,12-13H2,1H3,(H,14,15). The summed E-state index contributed by atoms with van der Waals surface area (Å²) in [5.41, 5.74) is 11.4. The molecule has 5 heteroatoms. The van der Waals surface area contributed by atoms with E-state index < -0.39 is 5.97 Å². The molecule has 5 nitrogen and oxygen atoms in total. The van der Waals surface area contributed by atoms with Crippen LogP contribution in [0, 0.1) is 0 Å². The number of ether oxygens (including phenoxy) is 1. The maximum Gasteiger partial charge on any atom is 0.341 e. The summed E-state index contributed by atoms with van der Waals surface area (Å²) in [5.74, 6) is -0.857. The van der Waals surface area contributed by atoms with Gasteiger partial charge in [-0.25, -0.2) is 4.79 Å². The summed E-state index contributed by atoms with van der Waals surface area (Å²) < 4.78 is 5.36. The Bertz CT molecular complexity index is 391. The van der Waals surface area contributed by atoms with Crippen LogP contribution in [0.25, 0.3) is 0 Å². The molecule has 0 radical (unpaired) electrons. The lowest BCUT2D eigenvalue weighted by molar-refractivity contribution is 0.0693. The molecular formula is C11H16N2O3. The monoisotopic (exact) mass is 224 g/mol. The molecular weight excluding hydrogens is 208 g/mol. The number of carbonyl (C=O) groups is 1. The van der Waals surface area contributed by atoms with Gasteiger partial charge in [-0.2, -0.15) is 0 Å². The van der Waals surface area contributed by atoms with Crippen LogP contribution in [0.3, 0.4) is 0 Å². The second-order valence-corrected chi connectivity index (χ2v) is 3.45. The number of nitrogens with two attached hydrogens (primary N) is 2. The molecule has 0 atom stereocenters. The fraction of sp³-hybridized carbons (Fsp3) is 0.364. The Morgan fingerprint density at radius 1 is 1.44 bits per heavy atom. The van der Waals surface area contributed by atoms with Crippen molar-refractivity contribution in [3.63, 3.8) is 0 Å². The molecule has 0 unspecified atom stereocenters. The molecule has 0 aromatic heterocycles. The normalized spacial score (nSPS) is 10.1. The van der Waals surface area contributed by atoms with Crippen molar-refractivity contribution >= 4 is 17.3 Å². The number of hydrogen-bond donors (Lipinski definition) is 3. The third-order valence-electron chi connectivity index (χ3n) is 2.21.